The summed E-state index contributed by atoms with van der Waals surface area (Å²) >= 11 is 0. The van der Waals surface area contributed by atoms with Crippen LogP contribution >= 0.6 is 0 Å². The normalized spacial score (nSPS) is 19.3. The summed E-state index contributed by atoms with van der Waals surface area (Å²) in [5.41, 5.74) is 0. The Morgan fingerprint density at radius 1 is 1.25 bits per heavy atom. The minimum atomic E-state index is -0.334. The molecule has 1 saturated heterocycles. The minimum Gasteiger partial charge on any atom is -0.382 e. The van der Waals surface area contributed by atoms with Crippen molar-refractivity contribution < 1.29 is 19.1 Å². The first-order valence-electron chi connectivity index (χ1n) is 7.33. The molecule has 0 aromatic carbocycles. The fraction of sp³-hybridized carbons (Fsp3) is 0.857. The summed E-state index contributed by atoms with van der Waals surface area (Å²) in [6.45, 7) is 4.68. The fourth-order valence-corrected chi connectivity index (χ4v) is 2.20. The molecule has 1 N–H and O–H groups in total. The van der Waals surface area contributed by atoms with E-state index >= 15 is 0 Å². The van der Waals surface area contributed by atoms with Crippen LogP contribution in [0.25, 0.3) is 0 Å². The number of carbonyl (C=O) groups excluding carboxylic acids is 2. The van der Waals surface area contributed by atoms with E-state index < -0.39 is 0 Å². The van der Waals surface area contributed by atoms with E-state index in [1.165, 1.54) is 0 Å². The summed E-state index contributed by atoms with van der Waals surface area (Å²) in [4.78, 5) is 25.4. The molecule has 0 spiro atoms. The highest BCUT2D eigenvalue weighted by atomic mass is 16.5. The van der Waals surface area contributed by atoms with Gasteiger partial charge in [0.1, 0.15) is 6.04 Å². The molecule has 6 nitrogen and oxygen atoms in total. The second kappa shape index (κ2) is 9.72. The van der Waals surface area contributed by atoms with Crippen molar-refractivity contribution in [3.63, 3.8) is 0 Å². The van der Waals surface area contributed by atoms with Crippen LogP contribution in [0.4, 0.5) is 0 Å². The van der Waals surface area contributed by atoms with Crippen molar-refractivity contribution in [2.45, 2.75) is 38.6 Å². The molecule has 0 bridgehead atoms. The number of methoxy groups -OCH3 is 1. The molecule has 116 valence electrons. The first-order valence-corrected chi connectivity index (χ1v) is 7.33. The van der Waals surface area contributed by atoms with E-state index in [-0.39, 0.29) is 24.4 Å². The lowest BCUT2D eigenvalue weighted by molar-refractivity contribution is -0.144. The molecule has 20 heavy (non-hydrogen) atoms. The Morgan fingerprint density at radius 3 is 2.75 bits per heavy atom. The Bertz CT molecular complexity index is 310. The number of amides is 2. The smallest absolute Gasteiger partial charge is 0.245 e. The summed E-state index contributed by atoms with van der Waals surface area (Å²) in [5, 5.41) is 2.75. The van der Waals surface area contributed by atoms with Crippen LogP contribution in [0.2, 0.25) is 0 Å². The number of ether oxygens (including phenoxy) is 2. The zero-order valence-electron chi connectivity index (χ0n) is 12.5. The third-order valence-electron chi connectivity index (χ3n) is 3.26. The largest absolute Gasteiger partial charge is 0.382 e. The lowest BCUT2D eigenvalue weighted by Gasteiger charge is -2.32. The van der Waals surface area contributed by atoms with Crippen molar-refractivity contribution in [3.05, 3.63) is 0 Å². The third kappa shape index (κ3) is 5.88. The van der Waals surface area contributed by atoms with Crippen molar-refractivity contribution in [1.82, 2.24) is 10.2 Å². The van der Waals surface area contributed by atoms with Gasteiger partial charge in [-0.15, -0.1) is 0 Å². The summed E-state index contributed by atoms with van der Waals surface area (Å²) in [5.74, 6) is -0.00820. The molecule has 1 unspecified atom stereocenters. The predicted molar refractivity (Wildman–Crippen MR) is 75.3 cm³/mol. The van der Waals surface area contributed by atoms with E-state index in [0.29, 0.717) is 32.8 Å². The molecule has 0 aliphatic carbocycles. The Balaban J connectivity index is 2.21. The van der Waals surface area contributed by atoms with Gasteiger partial charge in [0.15, 0.2) is 0 Å². The van der Waals surface area contributed by atoms with Gasteiger partial charge in [-0.3, -0.25) is 9.59 Å². The quantitative estimate of drug-likeness (QED) is 0.596. The van der Waals surface area contributed by atoms with Gasteiger partial charge in [-0.05, 0) is 19.3 Å². The number of carbonyl (C=O) groups is 2. The van der Waals surface area contributed by atoms with E-state index in [1.54, 1.807) is 12.0 Å². The van der Waals surface area contributed by atoms with Crippen LogP contribution < -0.4 is 5.32 Å². The van der Waals surface area contributed by atoms with Crippen molar-refractivity contribution >= 4 is 11.8 Å². The molecule has 0 saturated carbocycles. The number of nitrogens with zero attached hydrogens (tertiary/aromatic N) is 1. The summed E-state index contributed by atoms with van der Waals surface area (Å²) in [6, 6.07) is -0.334. The first-order chi connectivity index (χ1) is 9.69. The Morgan fingerprint density at radius 2 is 2.05 bits per heavy atom. The van der Waals surface area contributed by atoms with Gasteiger partial charge in [-0.1, -0.05) is 13.3 Å². The van der Waals surface area contributed by atoms with Crippen LogP contribution in [-0.4, -0.2) is 62.8 Å². The predicted octanol–water partition coefficient (Wildman–Crippen LogP) is 0.557. The molecule has 0 aromatic rings. The van der Waals surface area contributed by atoms with Crippen LogP contribution in [-0.2, 0) is 19.1 Å². The summed E-state index contributed by atoms with van der Waals surface area (Å²) < 4.78 is 10.2. The highest BCUT2D eigenvalue weighted by molar-refractivity contribution is 5.94. The fourth-order valence-electron chi connectivity index (χ4n) is 2.20. The molecule has 1 aliphatic rings. The maximum Gasteiger partial charge on any atom is 0.245 e. The Kier molecular flexibility index (Phi) is 8.22. The van der Waals surface area contributed by atoms with Crippen LogP contribution in [0.3, 0.4) is 0 Å². The molecule has 1 fully saturated rings. The molecule has 0 radical (unpaired) electrons. The average molecular weight is 286 g/mol. The highest BCUT2D eigenvalue weighted by Crippen LogP contribution is 2.09. The number of unbranched alkanes of at least 4 members (excludes halogenated alkanes) is 1. The van der Waals surface area contributed by atoms with Crippen molar-refractivity contribution in [1.29, 1.82) is 0 Å². The molecule has 1 aliphatic heterocycles. The molecule has 6 heteroatoms. The molecular weight excluding hydrogens is 260 g/mol. The van der Waals surface area contributed by atoms with Gasteiger partial charge in [-0.25, -0.2) is 0 Å². The van der Waals surface area contributed by atoms with E-state index in [0.717, 1.165) is 19.3 Å². The molecule has 1 heterocycles. The van der Waals surface area contributed by atoms with Gasteiger partial charge >= 0.3 is 0 Å². The lowest BCUT2D eigenvalue weighted by atomic mass is 10.1. The molecule has 1 atom stereocenters. The number of piperazine rings is 1. The van der Waals surface area contributed by atoms with E-state index in [9.17, 15) is 9.59 Å². The van der Waals surface area contributed by atoms with Crippen LogP contribution in [0.1, 0.15) is 32.6 Å². The van der Waals surface area contributed by atoms with E-state index in [1.807, 2.05) is 6.92 Å². The van der Waals surface area contributed by atoms with Gasteiger partial charge in [0.05, 0.1) is 19.8 Å². The van der Waals surface area contributed by atoms with E-state index in [2.05, 4.69) is 5.32 Å². The summed E-state index contributed by atoms with van der Waals surface area (Å²) in [7, 11) is 1.64. The van der Waals surface area contributed by atoms with Crippen molar-refractivity contribution in [2.75, 3.05) is 40.0 Å². The zero-order valence-corrected chi connectivity index (χ0v) is 12.5. The monoisotopic (exact) mass is 286 g/mol. The van der Waals surface area contributed by atoms with Crippen LogP contribution in [0, 0.1) is 0 Å². The van der Waals surface area contributed by atoms with Crippen molar-refractivity contribution in [3.8, 4) is 0 Å². The molecule has 0 aromatic heterocycles. The van der Waals surface area contributed by atoms with Crippen LogP contribution in [0.15, 0.2) is 0 Å². The maximum absolute atomic E-state index is 12.1. The number of rotatable bonds is 10. The van der Waals surface area contributed by atoms with Gasteiger partial charge < -0.3 is 19.7 Å². The minimum absolute atomic E-state index is 0.0479. The maximum atomic E-state index is 12.1. The zero-order chi connectivity index (χ0) is 14.8. The lowest BCUT2D eigenvalue weighted by Crippen LogP contribution is -2.58. The SMILES string of the molecule is CCCC1NC(=O)CN(CCCCOCCOC)C1=O. The number of hydrogen-bond acceptors (Lipinski definition) is 4. The van der Waals surface area contributed by atoms with Gasteiger partial charge in [0, 0.05) is 20.3 Å². The van der Waals surface area contributed by atoms with Gasteiger partial charge in [0.25, 0.3) is 0 Å². The van der Waals surface area contributed by atoms with Crippen LogP contribution in [0.5, 0.6) is 0 Å². The third-order valence-corrected chi connectivity index (χ3v) is 3.26. The topological polar surface area (TPSA) is 67.9 Å². The van der Waals surface area contributed by atoms with Gasteiger partial charge in [-0.2, -0.15) is 0 Å². The standard InChI is InChI=1S/C14H26N2O4/c1-3-6-12-14(18)16(11-13(17)15-12)7-4-5-8-20-10-9-19-2/h12H,3-11H2,1-2H3,(H,15,17). The highest BCUT2D eigenvalue weighted by Gasteiger charge is 2.31. The molecule has 1 rings (SSSR count). The van der Waals surface area contributed by atoms with Gasteiger partial charge in [0.2, 0.25) is 11.8 Å². The Labute approximate surface area is 120 Å². The second-order valence-corrected chi connectivity index (χ2v) is 4.98. The Hall–Kier alpha value is -1.14. The molecular formula is C14H26N2O4. The average Bonchev–Trinajstić information content (AvgIpc) is 2.43. The first kappa shape index (κ1) is 16.9. The van der Waals surface area contributed by atoms with Crippen molar-refractivity contribution in [2.24, 2.45) is 0 Å². The second-order valence-electron chi connectivity index (χ2n) is 4.98. The number of nitrogens with one attached hydrogen (secondary N) is 1. The molecule has 2 amide bonds. The summed E-state index contributed by atoms with van der Waals surface area (Å²) in [6.07, 6.45) is 3.33. The number of hydrogen-bond donors (Lipinski definition) is 1. The van der Waals surface area contributed by atoms with E-state index in [4.69, 9.17) is 9.47 Å².